The molecule has 1 aromatic carbocycles. The Morgan fingerprint density at radius 1 is 1.24 bits per heavy atom. The van der Waals surface area contributed by atoms with Crippen LogP contribution in [0.15, 0.2) is 30.5 Å². The third-order valence-electron chi connectivity index (χ3n) is 5.40. The number of rotatable bonds is 3. The van der Waals surface area contributed by atoms with Crippen LogP contribution in [-0.4, -0.2) is 34.9 Å². The molecule has 1 saturated carbocycles. The SMILES string of the molecule is C=C1CCC(N2Cc3cc(O[C@H]4CCC[C@@H]4N)ccc3C2=O)C(=O)N1. The quantitative estimate of drug-likeness (QED) is 0.876. The molecule has 4 rings (SSSR count). The Labute approximate surface area is 147 Å². The van der Waals surface area contributed by atoms with Gasteiger partial charge in [-0.2, -0.15) is 0 Å². The van der Waals surface area contributed by atoms with Crippen molar-refractivity contribution in [2.75, 3.05) is 0 Å². The number of fused-ring (bicyclic) bond motifs is 1. The number of allylic oxidation sites excluding steroid dienone is 1. The van der Waals surface area contributed by atoms with Crippen molar-refractivity contribution in [3.63, 3.8) is 0 Å². The first-order valence-electron chi connectivity index (χ1n) is 8.87. The molecule has 6 nitrogen and oxygen atoms in total. The second-order valence-electron chi connectivity index (χ2n) is 7.15. The van der Waals surface area contributed by atoms with Gasteiger partial charge in [0.05, 0.1) is 0 Å². The van der Waals surface area contributed by atoms with Crippen molar-refractivity contribution >= 4 is 11.8 Å². The molecular weight excluding hydrogens is 318 g/mol. The molecule has 0 radical (unpaired) electrons. The van der Waals surface area contributed by atoms with Gasteiger partial charge in [0.1, 0.15) is 17.9 Å². The van der Waals surface area contributed by atoms with Crippen LogP contribution in [0.5, 0.6) is 5.75 Å². The van der Waals surface area contributed by atoms with Gasteiger partial charge in [-0.1, -0.05) is 6.58 Å². The Morgan fingerprint density at radius 3 is 2.80 bits per heavy atom. The number of ether oxygens (including phenoxy) is 1. The molecule has 3 N–H and O–H groups in total. The fourth-order valence-corrected chi connectivity index (χ4v) is 3.98. The third-order valence-corrected chi connectivity index (χ3v) is 5.40. The number of hydrogen-bond donors (Lipinski definition) is 2. The second-order valence-corrected chi connectivity index (χ2v) is 7.15. The van der Waals surface area contributed by atoms with Crippen LogP contribution >= 0.6 is 0 Å². The van der Waals surface area contributed by atoms with E-state index in [2.05, 4.69) is 11.9 Å². The van der Waals surface area contributed by atoms with Crippen molar-refractivity contribution < 1.29 is 14.3 Å². The van der Waals surface area contributed by atoms with Crippen molar-refractivity contribution in [1.82, 2.24) is 10.2 Å². The van der Waals surface area contributed by atoms with E-state index in [4.69, 9.17) is 10.5 Å². The average molecular weight is 341 g/mol. The molecule has 25 heavy (non-hydrogen) atoms. The minimum Gasteiger partial charge on any atom is -0.489 e. The first-order chi connectivity index (χ1) is 12.0. The Hall–Kier alpha value is -2.34. The smallest absolute Gasteiger partial charge is 0.255 e. The number of carbonyl (C=O) groups excluding carboxylic acids is 2. The number of hydrogen-bond acceptors (Lipinski definition) is 4. The molecule has 1 unspecified atom stereocenters. The zero-order chi connectivity index (χ0) is 17.6. The molecule has 3 atom stereocenters. The highest BCUT2D eigenvalue weighted by Crippen LogP contribution is 2.32. The highest BCUT2D eigenvalue weighted by atomic mass is 16.5. The van der Waals surface area contributed by atoms with Crippen LogP contribution in [-0.2, 0) is 11.3 Å². The normalized spacial score (nSPS) is 28.9. The number of piperidine rings is 1. The fraction of sp³-hybridized carbons (Fsp3) is 0.474. The van der Waals surface area contributed by atoms with E-state index < -0.39 is 6.04 Å². The Bertz CT molecular complexity index is 745. The van der Waals surface area contributed by atoms with Crippen molar-refractivity contribution in [1.29, 1.82) is 0 Å². The summed E-state index contributed by atoms with van der Waals surface area (Å²) in [5.74, 6) is 0.509. The summed E-state index contributed by atoms with van der Waals surface area (Å²) in [4.78, 5) is 26.6. The number of nitrogens with two attached hydrogens (primary N) is 1. The summed E-state index contributed by atoms with van der Waals surface area (Å²) >= 11 is 0. The molecule has 6 heteroatoms. The van der Waals surface area contributed by atoms with Gasteiger partial charge >= 0.3 is 0 Å². The molecule has 3 aliphatic rings. The highest BCUT2D eigenvalue weighted by molar-refractivity contribution is 6.01. The number of carbonyl (C=O) groups is 2. The van der Waals surface area contributed by atoms with Gasteiger partial charge in [0.15, 0.2) is 0 Å². The summed E-state index contributed by atoms with van der Waals surface area (Å²) < 4.78 is 6.02. The Kier molecular flexibility index (Phi) is 4.00. The van der Waals surface area contributed by atoms with Crippen molar-refractivity contribution in [3.8, 4) is 5.75 Å². The standard InChI is InChI=1S/C19H23N3O3/c1-11-5-8-16(18(23)21-11)22-10-12-9-13(6-7-14(12)19(22)24)25-17-4-2-3-15(17)20/h6-7,9,15-17H,1-5,8,10,20H2,(H,21,23)/t15-,16?,17-/m0/s1. The number of nitrogens with zero attached hydrogens (tertiary/aromatic N) is 1. The largest absolute Gasteiger partial charge is 0.489 e. The molecule has 2 amide bonds. The van der Waals surface area contributed by atoms with E-state index in [0.717, 1.165) is 30.6 Å². The minimum absolute atomic E-state index is 0.0430. The first-order valence-corrected chi connectivity index (χ1v) is 8.87. The van der Waals surface area contributed by atoms with Gasteiger partial charge in [-0.15, -0.1) is 0 Å². The predicted octanol–water partition coefficient (Wildman–Crippen LogP) is 1.69. The van der Waals surface area contributed by atoms with Gasteiger partial charge in [-0.05, 0) is 55.9 Å². The second kappa shape index (κ2) is 6.19. The molecule has 0 aromatic heterocycles. The molecule has 132 valence electrons. The maximum atomic E-state index is 12.7. The Morgan fingerprint density at radius 2 is 2.08 bits per heavy atom. The predicted molar refractivity (Wildman–Crippen MR) is 92.9 cm³/mol. The van der Waals surface area contributed by atoms with E-state index in [1.165, 1.54) is 0 Å². The average Bonchev–Trinajstić information content (AvgIpc) is 3.12. The minimum atomic E-state index is -0.432. The lowest BCUT2D eigenvalue weighted by Crippen LogP contribution is -2.49. The lowest BCUT2D eigenvalue weighted by atomic mass is 10.0. The maximum Gasteiger partial charge on any atom is 0.255 e. The molecule has 0 spiro atoms. The first kappa shape index (κ1) is 16.1. The summed E-state index contributed by atoms with van der Waals surface area (Å²) in [5.41, 5.74) is 8.35. The zero-order valence-electron chi connectivity index (χ0n) is 14.2. The van der Waals surface area contributed by atoms with Gasteiger partial charge in [-0.25, -0.2) is 0 Å². The lowest BCUT2D eigenvalue weighted by molar-refractivity contribution is -0.126. The zero-order valence-corrected chi connectivity index (χ0v) is 14.2. The summed E-state index contributed by atoms with van der Waals surface area (Å²) in [6.45, 7) is 4.23. The van der Waals surface area contributed by atoms with E-state index in [1.807, 2.05) is 12.1 Å². The highest BCUT2D eigenvalue weighted by Gasteiger charge is 2.38. The van der Waals surface area contributed by atoms with E-state index in [0.29, 0.717) is 30.6 Å². The third kappa shape index (κ3) is 2.91. The van der Waals surface area contributed by atoms with Crippen molar-refractivity contribution in [2.24, 2.45) is 5.73 Å². The lowest BCUT2D eigenvalue weighted by Gasteiger charge is -2.30. The van der Waals surface area contributed by atoms with Gasteiger partial charge in [0.25, 0.3) is 5.91 Å². The van der Waals surface area contributed by atoms with Crippen LogP contribution in [0.1, 0.15) is 48.0 Å². The van der Waals surface area contributed by atoms with E-state index in [-0.39, 0.29) is 24.0 Å². The molecule has 0 bridgehead atoms. The van der Waals surface area contributed by atoms with Crippen molar-refractivity contribution in [2.45, 2.75) is 56.8 Å². The summed E-state index contributed by atoms with van der Waals surface area (Å²) in [7, 11) is 0. The molecule has 2 fully saturated rings. The number of benzene rings is 1. The summed E-state index contributed by atoms with van der Waals surface area (Å²) in [6.07, 6.45) is 4.40. The van der Waals surface area contributed by atoms with Crippen LogP contribution in [0.2, 0.25) is 0 Å². The number of nitrogens with one attached hydrogen (secondary N) is 1. The molecule has 2 aliphatic heterocycles. The Balaban J connectivity index is 1.51. The molecular formula is C19H23N3O3. The fourth-order valence-electron chi connectivity index (χ4n) is 3.98. The molecule has 1 aromatic rings. The monoisotopic (exact) mass is 341 g/mol. The summed E-state index contributed by atoms with van der Waals surface area (Å²) in [6, 6.07) is 5.18. The van der Waals surface area contributed by atoms with E-state index >= 15 is 0 Å². The van der Waals surface area contributed by atoms with Crippen LogP contribution in [0.25, 0.3) is 0 Å². The molecule has 1 aliphatic carbocycles. The van der Waals surface area contributed by atoms with Gasteiger partial charge < -0.3 is 20.7 Å². The molecule has 1 saturated heterocycles. The van der Waals surface area contributed by atoms with Crippen LogP contribution in [0, 0.1) is 0 Å². The van der Waals surface area contributed by atoms with E-state index in [9.17, 15) is 9.59 Å². The summed E-state index contributed by atoms with van der Waals surface area (Å²) in [5, 5.41) is 2.75. The molecule has 2 heterocycles. The van der Waals surface area contributed by atoms with Crippen LogP contribution < -0.4 is 15.8 Å². The van der Waals surface area contributed by atoms with Gasteiger partial charge in [0, 0.05) is 23.8 Å². The number of amides is 2. The maximum absolute atomic E-state index is 12.7. The van der Waals surface area contributed by atoms with Crippen LogP contribution in [0.3, 0.4) is 0 Å². The van der Waals surface area contributed by atoms with Crippen LogP contribution in [0.4, 0.5) is 0 Å². The van der Waals surface area contributed by atoms with Crippen molar-refractivity contribution in [3.05, 3.63) is 41.6 Å². The van der Waals surface area contributed by atoms with Gasteiger partial charge in [-0.3, -0.25) is 9.59 Å². The topological polar surface area (TPSA) is 84.7 Å². The van der Waals surface area contributed by atoms with Gasteiger partial charge in [0.2, 0.25) is 5.91 Å². The van der Waals surface area contributed by atoms with E-state index in [1.54, 1.807) is 11.0 Å².